The molecule has 0 aliphatic heterocycles. The number of aromatic carboxylic acids is 5. The fourth-order valence-electron chi connectivity index (χ4n) is 4.81. The summed E-state index contributed by atoms with van der Waals surface area (Å²) < 4.78 is 4.50. The van der Waals surface area contributed by atoms with Gasteiger partial charge in [0.2, 0.25) is 5.76 Å². The van der Waals surface area contributed by atoms with Crippen molar-refractivity contribution in [2.24, 2.45) is 5.92 Å². The molecule has 0 saturated heterocycles. The number of benzene rings is 5. The number of phenols is 2. The summed E-state index contributed by atoms with van der Waals surface area (Å²) in [5.41, 5.74) is 13.1. The Hall–Kier alpha value is -9.84. The van der Waals surface area contributed by atoms with E-state index in [1.165, 1.54) is 79.1 Å². The van der Waals surface area contributed by atoms with Crippen LogP contribution < -0.4 is 11.5 Å². The van der Waals surface area contributed by atoms with Crippen LogP contribution in [0.15, 0.2) is 149 Å². The van der Waals surface area contributed by atoms with Crippen LogP contribution in [-0.2, 0) is 25.6 Å². The van der Waals surface area contributed by atoms with Gasteiger partial charge in [0, 0.05) is 48.0 Å². The molecule has 77 heavy (non-hydrogen) atoms. The zero-order valence-electron chi connectivity index (χ0n) is 41.4. The van der Waals surface area contributed by atoms with Gasteiger partial charge in [0.15, 0.2) is 0 Å². The number of thiol groups is 1. The number of anilines is 2. The minimum Gasteiger partial charge on any atom is -0.508 e. The van der Waals surface area contributed by atoms with Gasteiger partial charge in [-0.2, -0.15) is 0 Å². The van der Waals surface area contributed by atoms with E-state index in [4.69, 9.17) is 67.6 Å². The zero-order valence-corrected chi connectivity index (χ0v) is 42.3. The normalized spacial score (nSPS) is 9.30. The number of unbranched alkanes of at least 4 members (excludes halogenated alkanes) is 1. The Morgan fingerprint density at radius 1 is 0.481 bits per heavy atom. The van der Waals surface area contributed by atoms with Gasteiger partial charge in [-0.15, -0.1) is 12.6 Å². The van der Waals surface area contributed by atoms with Gasteiger partial charge in [-0.25, -0.2) is 24.0 Å². The summed E-state index contributed by atoms with van der Waals surface area (Å²) in [4.78, 5) is 91.4. The molecule has 24 heteroatoms. The molecule has 1 heterocycles. The van der Waals surface area contributed by atoms with E-state index in [1.807, 2.05) is 44.2 Å². The third-order valence-corrected chi connectivity index (χ3v) is 8.86. The van der Waals surface area contributed by atoms with Crippen molar-refractivity contribution in [2.75, 3.05) is 11.5 Å². The molecule has 0 amide bonds. The van der Waals surface area contributed by atoms with Crippen LogP contribution in [0.4, 0.5) is 11.4 Å². The fraction of sp³-hybridized carbons (Fsp3) is 0.189. The molecule has 0 unspecified atom stereocenters. The van der Waals surface area contributed by atoms with Gasteiger partial charge in [-0.1, -0.05) is 56.3 Å². The van der Waals surface area contributed by atoms with Crippen LogP contribution in [0.3, 0.4) is 0 Å². The minimum absolute atomic E-state index is 0.0231. The lowest BCUT2D eigenvalue weighted by molar-refractivity contribution is -0.139. The van der Waals surface area contributed by atoms with Crippen molar-refractivity contribution in [3.05, 3.63) is 173 Å². The average Bonchev–Trinajstić information content (AvgIpc) is 3.90. The van der Waals surface area contributed by atoms with E-state index in [1.54, 1.807) is 30.3 Å². The van der Waals surface area contributed by atoms with Crippen molar-refractivity contribution in [1.82, 2.24) is 0 Å². The third-order valence-electron chi connectivity index (χ3n) is 8.48. The number of phenolic OH excluding ortho intramolecular Hbond substituents is 1. The third kappa shape index (κ3) is 37.6. The first-order valence-corrected chi connectivity index (χ1v) is 22.6. The number of hydrogen-bond acceptors (Lipinski definition) is 15. The molecule has 414 valence electrons. The van der Waals surface area contributed by atoms with Gasteiger partial charge < -0.3 is 72.1 Å². The number of rotatable bonds is 15. The Bertz CT molecular complexity index is 2680. The van der Waals surface area contributed by atoms with Crippen LogP contribution in [-0.4, -0.2) is 110 Å². The molecule has 5 aromatic carbocycles. The maximum Gasteiger partial charge on any atom is 0.371 e. The van der Waals surface area contributed by atoms with E-state index in [9.17, 15) is 43.2 Å². The second-order valence-corrected chi connectivity index (χ2v) is 15.8. The molecular formula is C53H60N2O21S. The van der Waals surface area contributed by atoms with Gasteiger partial charge in [0.25, 0.3) is 0 Å². The molecule has 0 spiro atoms. The summed E-state index contributed by atoms with van der Waals surface area (Å²) in [5, 5.41) is 92.4. The fourth-order valence-corrected chi connectivity index (χ4v) is 5.07. The Balaban J connectivity index is 0. The molecule has 0 saturated carbocycles. The predicted molar refractivity (Wildman–Crippen MR) is 282 cm³/mol. The first kappa shape index (κ1) is 69.2. The number of hydrogen-bond donors (Lipinski definition) is 14. The first-order chi connectivity index (χ1) is 36.1. The smallest absolute Gasteiger partial charge is 0.371 e. The van der Waals surface area contributed by atoms with Crippen LogP contribution in [0.1, 0.15) is 110 Å². The van der Waals surface area contributed by atoms with E-state index in [-0.39, 0.29) is 71.1 Å². The number of nitrogen functional groups attached to an aromatic ring is 2. The van der Waals surface area contributed by atoms with E-state index in [0.717, 1.165) is 5.56 Å². The quantitative estimate of drug-likeness (QED) is 0.0259. The van der Waals surface area contributed by atoms with Crippen LogP contribution in [0.5, 0.6) is 11.5 Å². The van der Waals surface area contributed by atoms with Gasteiger partial charge in [-0.3, -0.25) is 19.2 Å². The second kappa shape index (κ2) is 39.7. The lowest BCUT2D eigenvalue weighted by Gasteiger charge is -1.98. The van der Waals surface area contributed by atoms with E-state index < -0.39 is 53.7 Å². The molecular weight excluding hydrogens is 1030 g/mol. The summed E-state index contributed by atoms with van der Waals surface area (Å²) in [7, 11) is 0. The highest BCUT2D eigenvalue weighted by Crippen LogP contribution is 2.19. The van der Waals surface area contributed by atoms with Crippen molar-refractivity contribution in [3.8, 4) is 11.5 Å². The van der Waals surface area contributed by atoms with Crippen molar-refractivity contribution in [3.63, 3.8) is 0 Å². The summed E-state index contributed by atoms with van der Waals surface area (Å²) in [6.45, 7) is 3.77. The molecule has 6 rings (SSSR count). The zero-order chi connectivity index (χ0) is 59.0. The molecule has 0 aliphatic rings. The minimum atomic E-state index is -1.16. The summed E-state index contributed by atoms with van der Waals surface area (Å²) in [6, 6.07) is 34.4. The largest absolute Gasteiger partial charge is 0.508 e. The standard InChI is InChI=1S/C9H10O2.C7H7NO3.C7H7NO2.C7H6O3.C7H6O2S.C6H10O4.C5H4O3.C5H10O2/c10-9(11)7-6-8-4-2-1-3-5-8;8-4-1-2-5(7(10)11)6(9)3-4;2*8-6-3-1-5(2-4-6)7(9)10;8-7(9)5-3-1-2-4-6(5)10;7-5(8)3-1-2-4-6(9)10;6-5(7)4-2-1-3-8-4;1-4(2)3-5(6)7/h1-5H,6-7H2,(H,10,11);1-3,9H,8H2,(H,10,11);1-4H,8H2,(H,9,10);1-4,8H,(H,9,10);1-4,10H,(H,8,9);1-4H2,(H,7,8)(H,9,10);1-3H,(H,6,7);4H,3H2,1-2H3,(H,6,7). The number of aryl methyl sites for hydroxylation is 1. The Kier molecular flexibility index (Phi) is 35.7. The molecule has 0 aliphatic carbocycles. The summed E-state index contributed by atoms with van der Waals surface area (Å²) in [6.07, 6.45) is 3.45. The molecule has 0 atom stereocenters. The van der Waals surface area contributed by atoms with Crippen molar-refractivity contribution < 1.29 is 104 Å². The van der Waals surface area contributed by atoms with E-state index >= 15 is 0 Å². The number of nitrogens with two attached hydrogens (primary N) is 2. The topological polar surface area (TPSA) is 441 Å². The number of carboxylic acid groups (broad SMARTS) is 9. The first-order valence-electron chi connectivity index (χ1n) is 22.2. The van der Waals surface area contributed by atoms with Gasteiger partial charge in [0.05, 0.1) is 23.0 Å². The van der Waals surface area contributed by atoms with E-state index in [2.05, 4.69) is 17.0 Å². The Morgan fingerprint density at radius 3 is 1.27 bits per heavy atom. The highest BCUT2D eigenvalue weighted by Gasteiger charge is 2.08. The Morgan fingerprint density at radius 2 is 0.935 bits per heavy atom. The molecule has 0 fully saturated rings. The van der Waals surface area contributed by atoms with Crippen LogP contribution in [0, 0.1) is 5.92 Å². The van der Waals surface area contributed by atoms with Crippen molar-refractivity contribution in [2.45, 2.75) is 63.7 Å². The summed E-state index contributed by atoms with van der Waals surface area (Å²) in [5.74, 6) is -8.23. The second-order valence-electron chi connectivity index (χ2n) is 15.3. The summed E-state index contributed by atoms with van der Waals surface area (Å²) >= 11 is 3.96. The molecule has 1 aromatic heterocycles. The molecule has 6 aromatic rings. The molecule has 0 bridgehead atoms. The molecule has 23 nitrogen and oxygen atoms in total. The predicted octanol–water partition coefficient (Wildman–Crippen LogP) is 8.92. The van der Waals surface area contributed by atoms with Gasteiger partial charge >= 0.3 is 53.7 Å². The molecule has 15 N–H and O–H groups in total. The van der Waals surface area contributed by atoms with Gasteiger partial charge in [-0.05, 0) is 116 Å². The number of aromatic hydroxyl groups is 2. The number of carboxylic acids is 9. The van der Waals surface area contributed by atoms with Crippen molar-refractivity contribution in [1.29, 1.82) is 0 Å². The number of carbonyl (C=O) groups is 9. The lowest BCUT2D eigenvalue weighted by atomic mass is 10.1. The van der Waals surface area contributed by atoms with E-state index in [0.29, 0.717) is 35.5 Å². The lowest BCUT2D eigenvalue weighted by Crippen LogP contribution is -1.99. The monoisotopic (exact) mass is 1090 g/mol. The van der Waals surface area contributed by atoms with Gasteiger partial charge in [0.1, 0.15) is 17.1 Å². The number of furan rings is 1. The average molecular weight is 1090 g/mol. The number of aliphatic carboxylic acids is 4. The SMILES string of the molecule is CC(C)CC(=O)O.Nc1ccc(C(=O)O)c(O)c1.Nc1ccc(C(=O)O)cc1.O=C(O)CCCCC(=O)O.O=C(O)CCc1ccccc1.O=C(O)c1ccc(O)cc1.O=C(O)c1ccccc1S.O=C(O)c1ccco1. The van der Waals surface area contributed by atoms with Crippen molar-refractivity contribution >= 4 is 77.7 Å². The van der Waals surface area contributed by atoms with Crippen LogP contribution >= 0.6 is 12.6 Å². The molecule has 0 radical (unpaired) electrons. The van der Waals surface area contributed by atoms with Crippen LogP contribution in [0.25, 0.3) is 0 Å². The van der Waals surface area contributed by atoms with Crippen LogP contribution in [0.2, 0.25) is 0 Å². The highest BCUT2D eigenvalue weighted by molar-refractivity contribution is 7.80. The Labute approximate surface area is 446 Å². The highest BCUT2D eigenvalue weighted by atomic mass is 32.1. The maximum atomic E-state index is 10.4. The maximum absolute atomic E-state index is 10.4.